The van der Waals surface area contributed by atoms with E-state index in [4.69, 9.17) is 10.5 Å². The van der Waals surface area contributed by atoms with Crippen molar-refractivity contribution >= 4 is 9.52 Å². The number of hydrogen-bond donors (Lipinski definition) is 1. The molecule has 1 saturated heterocycles. The lowest BCUT2D eigenvalue weighted by molar-refractivity contribution is -0.0157. The maximum atomic E-state index is 6.01. The summed E-state index contributed by atoms with van der Waals surface area (Å²) in [5.41, 5.74) is 6.01. The zero-order valence-electron chi connectivity index (χ0n) is 6.73. The normalized spacial score (nSPS) is 35.4. The first-order valence-corrected chi connectivity index (χ1v) is 5.90. The molecule has 1 aliphatic rings. The molecule has 60 valence electrons. The predicted octanol–water partition coefficient (Wildman–Crippen LogP) is 0.406. The first-order valence-electron chi connectivity index (χ1n) is 4.20. The Balaban J connectivity index is 2.32. The van der Waals surface area contributed by atoms with Gasteiger partial charge in [0.1, 0.15) is 0 Å². The van der Waals surface area contributed by atoms with Crippen LogP contribution in [0.25, 0.3) is 0 Å². The van der Waals surface area contributed by atoms with Gasteiger partial charge in [0.15, 0.2) is 0 Å². The van der Waals surface area contributed by atoms with Gasteiger partial charge in [-0.05, 0) is 19.3 Å². The predicted molar refractivity (Wildman–Crippen MR) is 45.7 cm³/mol. The molecule has 1 aliphatic heterocycles. The van der Waals surface area contributed by atoms with Gasteiger partial charge >= 0.3 is 0 Å². The maximum absolute atomic E-state index is 6.01. The first kappa shape index (κ1) is 8.24. The van der Waals surface area contributed by atoms with Crippen molar-refractivity contribution < 1.29 is 4.74 Å². The molecule has 1 atom stereocenters. The van der Waals surface area contributed by atoms with E-state index >= 15 is 0 Å². The Morgan fingerprint density at radius 3 is 2.90 bits per heavy atom. The van der Waals surface area contributed by atoms with Crippen LogP contribution in [0.3, 0.4) is 0 Å². The molecule has 0 radical (unpaired) electrons. The summed E-state index contributed by atoms with van der Waals surface area (Å²) in [5.74, 6) is 0. The summed E-state index contributed by atoms with van der Waals surface area (Å²) in [5, 5.41) is -0.132. The Hall–Kier alpha value is 0.137. The Kier molecular flexibility index (Phi) is 2.89. The molecule has 0 spiro atoms. The van der Waals surface area contributed by atoms with E-state index < -0.39 is 0 Å². The van der Waals surface area contributed by atoms with Gasteiger partial charge in [-0.25, -0.2) is 0 Å². The maximum Gasteiger partial charge on any atom is 0.0957 e. The van der Waals surface area contributed by atoms with Gasteiger partial charge in [0.05, 0.1) is 14.9 Å². The van der Waals surface area contributed by atoms with Crippen molar-refractivity contribution in [2.24, 2.45) is 5.73 Å². The van der Waals surface area contributed by atoms with Crippen LogP contribution in [0.4, 0.5) is 0 Å². The zero-order valence-corrected chi connectivity index (χ0v) is 8.14. The standard InChI is InChI=1S/C7H17NOSi/c1-2-10-7(8)5-3-4-6-9-7/h2-6,8,10H2,1H3. The van der Waals surface area contributed by atoms with Gasteiger partial charge in [-0.15, -0.1) is 0 Å². The van der Waals surface area contributed by atoms with E-state index in [1.54, 1.807) is 0 Å². The third-order valence-electron chi connectivity index (χ3n) is 2.06. The highest BCUT2D eigenvalue weighted by atomic mass is 28.2. The fraction of sp³-hybridized carbons (Fsp3) is 1.00. The van der Waals surface area contributed by atoms with Crippen molar-refractivity contribution in [1.82, 2.24) is 0 Å². The van der Waals surface area contributed by atoms with Crippen molar-refractivity contribution in [2.45, 2.75) is 37.6 Å². The molecular formula is C7H17NOSi. The Morgan fingerprint density at radius 2 is 2.40 bits per heavy atom. The molecule has 2 N–H and O–H groups in total. The van der Waals surface area contributed by atoms with E-state index in [9.17, 15) is 0 Å². The third kappa shape index (κ3) is 2.07. The molecule has 0 aromatic rings. The summed E-state index contributed by atoms with van der Waals surface area (Å²) in [7, 11) is -0.165. The smallest absolute Gasteiger partial charge is 0.0957 e. The Morgan fingerprint density at radius 1 is 1.60 bits per heavy atom. The highest BCUT2D eigenvalue weighted by Gasteiger charge is 2.26. The van der Waals surface area contributed by atoms with Gasteiger partial charge in [-0.3, -0.25) is 0 Å². The molecule has 1 heterocycles. The van der Waals surface area contributed by atoms with Crippen LogP contribution in [0.2, 0.25) is 6.04 Å². The van der Waals surface area contributed by atoms with E-state index in [2.05, 4.69) is 6.92 Å². The molecule has 1 unspecified atom stereocenters. The van der Waals surface area contributed by atoms with Gasteiger partial charge in [-0.2, -0.15) is 0 Å². The summed E-state index contributed by atoms with van der Waals surface area (Å²) in [4.78, 5) is 0. The van der Waals surface area contributed by atoms with E-state index in [0.29, 0.717) is 0 Å². The van der Waals surface area contributed by atoms with Crippen LogP contribution in [-0.4, -0.2) is 21.5 Å². The van der Waals surface area contributed by atoms with Crippen LogP contribution < -0.4 is 5.73 Å². The van der Waals surface area contributed by atoms with E-state index in [1.807, 2.05) is 0 Å². The van der Waals surface area contributed by atoms with Gasteiger partial charge in [0.25, 0.3) is 0 Å². The molecule has 0 bridgehead atoms. The second-order valence-corrected chi connectivity index (χ2v) is 5.82. The van der Waals surface area contributed by atoms with Crippen molar-refractivity contribution in [3.8, 4) is 0 Å². The van der Waals surface area contributed by atoms with Gasteiger partial charge in [-0.1, -0.05) is 13.0 Å². The van der Waals surface area contributed by atoms with Crippen molar-refractivity contribution in [3.05, 3.63) is 0 Å². The topological polar surface area (TPSA) is 35.2 Å². The van der Waals surface area contributed by atoms with Crippen molar-refractivity contribution in [1.29, 1.82) is 0 Å². The van der Waals surface area contributed by atoms with Crippen LogP contribution in [0.1, 0.15) is 26.2 Å². The fourth-order valence-electron chi connectivity index (χ4n) is 1.49. The summed E-state index contributed by atoms with van der Waals surface area (Å²) >= 11 is 0. The highest BCUT2D eigenvalue weighted by Crippen LogP contribution is 2.18. The minimum absolute atomic E-state index is 0.132. The second kappa shape index (κ2) is 3.51. The minimum Gasteiger partial charge on any atom is -0.365 e. The average Bonchev–Trinajstić information content (AvgIpc) is 1.89. The van der Waals surface area contributed by atoms with Crippen LogP contribution in [-0.2, 0) is 4.74 Å². The fourth-order valence-corrected chi connectivity index (χ4v) is 3.13. The van der Waals surface area contributed by atoms with E-state index in [1.165, 1.54) is 18.9 Å². The molecule has 0 saturated carbocycles. The zero-order chi connectivity index (χ0) is 7.45. The molecule has 1 fully saturated rings. The number of ether oxygens (including phenoxy) is 1. The number of hydrogen-bond acceptors (Lipinski definition) is 2. The minimum atomic E-state index is -0.165. The van der Waals surface area contributed by atoms with E-state index in [0.717, 1.165) is 13.0 Å². The van der Waals surface area contributed by atoms with E-state index in [-0.39, 0.29) is 14.9 Å². The average molecular weight is 159 g/mol. The number of nitrogens with two attached hydrogens (primary N) is 1. The molecular weight excluding hydrogens is 142 g/mol. The molecule has 3 heteroatoms. The SMILES string of the molecule is CC[SiH2]C1(N)CCCCO1. The van der Waals surface area contributed by atoms with Gasteiger partial charge < -0.3 is 10.5 Å². The van der Waals surface area contributed by atoms with Crippen LogP contribution in [0.5, 0.6) is 0 Å². The molecule has 10 heavy (non-hydrogen) atoms. The first-order chi connectivity index (χ1) is 4.77. The molecule has 2 nitrogen and oxygen atoms in total. The number of rotatable bonds is 2. The van der Waals surface area contributed by atoms with Crippen LogP contribution in [0.15, 0.2) is 0 Å². The molecule has 1 rings (SSSR count). The summed E-state index contributed by atoms with van der Waals surface area (Å²) < 4.78 is 5.55. The van der Waals surface area contributed by atoms with Crippen LogP contribution >= 0.6 is 0 Å². The Labute approximate surface area is 65.0 Å². The van der Waals surface area contributed by atoms with Crippen molar-refractivity contribution in [3.63, 3.8) is 0 Å². The van der Waals surface area contributed by atoms with Gasteiger partial charge in [0.2, 0.25) is 0 Å². The lowest BCUT2D eigenvalue weighted by Gasteiger charge is -2.33. The molecule has 0 aliphatic carbocycles. The summed E-state index contributed by atoms with van der Waals surface area (Å²) in [6, 6.07) is 1.26. The quantitative estimate of drug-likeness (QED) is 0.592. The molecule has 0 amide bonds. The summed E-state index contributed by atoms with van der Waals surface area (Å²) in [6.07, 6.45) is 3.58. The van der Waals surface area contributed by atoms with Crippen LogP contribution in [0, 0.1) is 0 Å². The monoisotopic (exact) mass is 159 g/mol. The molecule has 0 aromatic carbocycles. The molecule has 0 aromatic heterocycles. The van der Waals surface area contributed by atoms with Gasteiger partial charge in [0, 0.05) is 6.61 Å². The largest absolute Gasteiger partial charge is 0.365 e. The highest BCUT2D eigenvalue weighted by molar-refractivity contribution is 6.39. The summed E-state index contributed by atoms with van der Waals surface area (Å²) in [6.45, 7) is 3.10. The lowest BCUT2D eigenvalue weighted by Crippen LogP contribution is -2.50. The van der Waals surface area contributed by atoms with Crippen molar-refractivity contribution in [2.75, 3.05) is 6.61 Å². The second-order valence-electron chi connectivity index (χ2n) is 3.12. The lowest BCUT2D eigenvalue weighted by atomic mass is 10.2. The third-order valence-corrected chi connectivity index (χ3v) is 3.96. The Bertz CT molecular complexity index is 96.3.